The van der Waals surface area contributed by atoms with Gasteiger partial charge in [0.05, 0.1) is 12.8 Å². The van der Waals surface area contributed by atoms with Crippen molar-refractivity contribution >= 4 is 17.0 Å². The molecule has 0 bridgehead atoms. The number of nitrogens with one attached hydrogen (secondary N) is 2. The standard InChI is InChI=1S/C18H19N5O3/c1-26-12-7-5-11(6-8-12)14-13-15(21-18(25)22-16(13)24)20-17(19-14)23-9-3-2-4-10-23/h5-8H,2-4,9-10H2,1H3,(H2,19,20,21,22,24,25). The molecule has 26 heavy (non-hydrogen) atoms. The highest BCUT2D eigenvalue weighted by Gasteiger charge is 2.19. The highest BCUT2D eigenvalue weighted by atomic mass is 16.5. The number of ether oxygens (including phenoxy) is 1. The maximum atomic E-state index is 12.4. The van der Waals surface area contributed by atoms with E-state index in [9.17, 15) is 9.59 Å². The summed E-state index contributed by atoms with van der Waals surface area (Å²) in [5, 5.41) is 0.274. The molecule has 1 saturated heterocycles. The fourth-order valence-corrected chi connectivity index (χ4v) is 3.25. The zero-order chi connectivity index (χ0) is 18.1. The number of hydrogen-bond acceptors (Lipinski definition) is 6. The van der Waals surface area contributed by atoms with Gasteiger partial charge in [-0.3, -0.25) is 14.8 Å². The molecule has 8 nitrogen and oxygen atoms in total. The number of anilines is 1. The van der Waals surface area contributed by atoms with Gasteiger partial charge in [0.15, 0.2) is 5.65 Å². The van der Waals surface area contributed by atoms with Crippen molar-refractivity contribution in [3.8, 4) is 17.0 Å². The monoisotopic (exact) mass is 353 g/mol. The first kappa shape index (κ1) is 16.3. The van der Waals surface area contributed by atoms with Crippen LogP contribution in [-0.2, 0) is 0 Å². The van der Waals surface area contributed by atoms with Gasteiger partial charge in [0.25, 0.3) is 5.56 Å². The van der Waals surface area contributed by atoms with Crippen molar-refractivity contribution in [2.24, 2.45) is 0 Å². The molecule has 0 saturated carbocycles. The predicted molar refractivity (Wildman–Crippen MR) is 98.8 cm³/mol. The van der Waals surface area contributed by atoms with E-state index < -0.39 is 11.2 Å². The van der Waals surface area contributed by atoms with E-state index >= 15 is 0 Å². The summed E-state index contributed by atoms with van der Waals surface area (Å²) in [5.41, 5.74) is 0.427. The lowest BCUT2D eigenvalue weighted by molar-refractivity contribution is 0.415. The average molecular weight is 353 g/mol. The first-order valence-electron chi connectivity index (χ1n) is 8.59. The van der Waals surface area contributed by atoms with Crippen molar-refractivity contribution in [2.45, 2.75) is 19.3 Å². The van der Waals surface area contributed by atoms with E-state index in [2.05, 4.69) is 24.8 Å². The Bertz CT molecular complexity index is 1050. The summed E-state index contributed by atoms with van der Waals surface area (Å²) in [5.74, 6) is 1.25. The van der Waals surface area contributed by atoms with Gasteiger partial charge >= 0.3 is 5.69 Å². The maximum Gasteiger partial charge on any atom is 0.327 e. The Morgan fingerprint density at radius 1 is 1.00 bits per heavy atom. The van der Waals surface area contributed by atoms with E-state index in [1.807, 2.05) is 24.3 Å². The van der Waals surface area contributed by atoms with Crippen molar-refractivity contribution in [1.82, 2.24) is 19.9 Å². The summed E-state index contributed by atoms with van der Waals surface area (Å²) in [7, 11) is 1.60. The van der Waals surface area contributed by atoms with Crippen LogP contribution in [0.4, 0.5) is 5.95 Å². The number of piperidine rings is 1. The number of benzene rings is 1. The van der Waals surface area contributed by atoms with Crippen LogP contribution in [0.3, 0.4) is 0 Å². The summed E-state index contributed by atoms with van der Waals surface area (Å²) in [4.78, 5) is 40.2. The molecule has 2 aromatic heterocycles. The molecule has 134 valence electrons. The van der Waals surface area contributed by atoms with Crippen molar-refractivity contribution in [2.75, 3.05) is 25.1 Å². The summed E-state index contributed by atoms with van der Waals surface area (Å²) >= 11 is 0. The van der Waals surface area contributed by atoms with Gasteiger partial charge in [-0.1, -0.05) is 0 Å². The number of fused-ring (bicyclic) bond motifs is 1. The molecule has 1 fully saturated rings. The summed E-state index contributed by atoms with van der Waals surface area (Å²) < 4.78 is 5.19. The minimum absolute atomic E-state index is 0.250. The second kappa shape index (κ2) is 6.62. The number of rotatable bonds is 3. The lowest BCUT2D eigenvalue weighted by Gasteiger charge is -2.27. The van der Waals surface area contributed by atoms with Gasteiger partial charge in [-0.05, 0) is 43.5 Å². The minimum atomic E-state index is -0.577. The largest absolute Gasteiger partial charge is 0.497 e. The lowest BCUT2D eigenvalue weighted by atomic mass is 10.1. The van der Waals surface area contributed by atoms with Crippen molar-refractivity contribution < 1.29 is 4.74 Å². The molecule has 1 aliphatic rings. The number of nitrogens with zero attached hydrogens (tertiary/aromatic N) is 3. The van der Waals surface area contributed by atoms with E-state index in [4.69, 9.17) is 4.74 Å². The fourth-order valence-electron chi connectivity index (χ4n) is 3.25. The Labute approximate surface area is 148 Å². The molecular weight excluding hydrogens is 334 g/mol. The number of H-pyrrole nitrogens is 2. The Balaban J connectivity index is 1.95. The third-order valence-electron chi connectivity index (χ3n) is 4.59. The molecule has 3 heterocycles. The number of hydrogen-bond donors (Lipinski definition) is 2. The Morgan fingerprint density at radius 2 is 1.73 bits per heavy atom. The van der Waals surface area contributed by atoms with Gasteiger partial charge < -0.3 is 9.64 Å². The molecule has 2 N–H and O–H groups in total. The first-order chi connectivity index (χ1) is 12.7. The highest BCUT2D eigenvalue weighted by Crippen LogP contribution is 2.27. The van der Waals surface area contributed by atoms with Crippen LogP contribution in [0.5, 0.6) is 5.75 Å². The molecule has 8 heteroatoms. The van der Waals surface area contributed by atoms with Crippen LogP contribution < -0.4 is 20.9 Å². The van der Waals surface area contributed by atoms with Crippen LogP contribution in [0, 0.1) is 0 Å². The summed E-state index contributed by atoms with van der Waals surface area (Å²) in [6.45, 7) is 1.72. The van der Waals surface area contributed by atoms with Crippen LogP contribution in [0.1, 0.15) is 19.3 Å². The lowest BCUT2D eigenvalue weighted by Crippen LogP contribution is -2.32. The number of aromatic amines is 2. The molecule has 1 aliphatic heterocycles. The third kappa shape index (κ3) is 2.94. The second-order valence-electron chi connectivity index (χ2n) is 6.28. The van der Waals surface area contributed by atoms with Crippen molar-refractivity contribution in [3.05, 3.63) is 45.1 Å². The molecule has 1 aromatic carbocycles. The smallest absolute Gasteiger partial charge is 0.327 e. The van der Waals surface area contributed by atoms with Crippen LogP contribution in [0.15, 0.2) is 33.9 Å². The predicted octanol–water partition coefficient (Wildman–Crippen LogP) is 1.67. The summed E-state index contributed by atoms with van der Waals surface area (Å²) in [6, 6.07) is 7.30. The molecule has 0 aliphatic carbocycles. The Morgan fingerprint density at radius 3 is 2.42 bits per heavy atom. The zero-order valence-electron chi connectivity index (χ0n) is 14.4. The van der Waals surface area contributed by atoms with Gasteiger partial charge in [-0.25, -0.2) is 9.78 Å². The molecule has 3 aromatic rings. The summed E-state index contributed by atoms with van der Waals surface area (Å²) in [6.07, 6.45) is 3.34. The topological polar surface area (TPSA) is 104 Å². The van der Waals surface area contributed by atoms with Crippen LogP contribution in [0.2, 0.25) is 0 Å². The molecule has 4 rings (SSSR count). The van der Waals surface area contributed by atoms with Crippen molar-refractivity contribution in [1.29, 1.82) is 0 Å². The molecule has 0 unspecified atom stereocenters. The molecule has 0 amide bonds. The SMILES string of the molecule is COc1ccc(-c2nc(N3CCCCC3)nc3[nH]c(=O)[nH]c(=O)c23)cc1. The van der Waals surface area contributed by atoms with Crippen LogP contribution in [0.25, 0.3) is 22.3 Å². The number of methoxy groups -OCH3 is 1. The van der Waals surface area contributed by atoms with Gasteiger partial charge in [-0.2, -0.15) is 4.98 Å². The van der Waals surface area contributed by atoms with E-state index in [0.717, 1.165) is 31.5 Å². The Hall–Kier alpha value is -3.16. The van der Waals surface area contributed by atoms with Gasteiger partial charge in [0.1, 0.15) is 11.1 Å². The van der Waals surface area contributed by atoms with E-state index in [1.165, 1.54) is 6.42 Å². The molecule has 0 radical (unpaired) electrons. The van der Waals surface area contributed by atoms with Crippen LogP contribution in [-0.4, -0.2) is 40.1 Å². The van der Waals surface area contributed by atoms with Crippen molar-refractivity contribution in [3.63, 3.8) is 0 Å². The molecule has 0 atom stereocenters. The maximum absolute atomic E-state index is 12.4. The highest BCUT2D eigenvalue weighted by molar-refractivity contribution is 5.90. The van der Waals surface area contributed by atoms with E-state index in [1.54, 1.807) is 7.11 Å². The normalized spacial score (nSPS) is 14.6. The molecular formula is C18H19N5O3. The third-order valence-corrected chi connectivity index (χ3v) is 4.59. The number of aromatic nitrogens is 4. The van der Waals surface area contributed by atoms with Gasteiger partial charge in [-0.15, -0.1) is 0 Å². The van der Waals surface area contributed by atoms with Crippen LogP contribution >= 0.6 is 0 Å². The Kier molecular flexibility index (Phi) is 4.16. The fraction of sp³-hybridized carbons (Fsp3) is 0.333. The zero-order valence-corrected chi connectivity index (χ0v) is 14.4. The average Bonchev–Trinajstić information content (AvgIpc) is 2.67. The van der Waals surface area contributed by atoms with Gasteiger partial charge in [0.2, 0.25) is 5.95 Å². The van der Waals surface area contributed by atoms with Gasteiger partial charge in [0, 0.05) is 18.7 Å². The minimum Gasteiger partial charge on any atom is -0.497 e. The first-order valence-corrected chi connectivity index (χ1v) is 8.59. The second-order valence-corrected chi connectivity index (χ2v) is 6.28. The molecule has 0 spiro atoms. The van der Waals surface area contributed by atoms with E-state index in [0.29, 0.717) is 17.4 Å². The quantitative estimate of drug-likeness (QED) is 0.742. The van der Waals surface area contributed by atoms with E-state index in [-0.39, 0.29) is 11.0 Å².